The van der Waals surface area contributed by atoms with Gasteiger partial charge in [-0.1, -0.05) is 60.2 Å². The number of phenols is 1. The minimum absolute atomic E-state index is 0.00219. The first-order valence-electron chi connectivity index (χ1n) is 14.4. The van der Waals surface area contributed by atoms with Crippen molar-refractivity contribution in [3.8, 4) is 5.75 Å². The summed E-state index contributed by atoms with van der Waals surface area (Å²) in [6, 6.07) is 14.2. The van der Waals surface area contributed by atoms with Crippen LogP contribution in [0.4, 0.5) is 27.6 Å². The number of carbonyl (C=O) groups excluding carboxylic acids is 4. The molecular weight excluding hydrogens is 670 g/mol. The van der Waals surface area contributed by atoms with Crippen molar-refractivity contribution < 1.29 is 46.2 Å². The highest BCUT2D eigenvalue weighted by atomic mass is 35.5. The van der Waals surface area contributed by atoms with E-state index in [4.69, 9.17) is 23.2 Å². The monoisotopic (exact) mass is 690 g/mol. The van der Waals surface area contributed by atoms with Crippen LogP contribution in [0, 0.1) is 46.8 Å². The highest BCUT2D eigenvalue weighted by Crippen LogP contribution is 2.66. The molecule has 2 aliphatic heterocycles. The number of imide groups is 2. The van der Waals surface area contributed by atoms with Gasteiger partial charge in [-0.05, 0) is 30.4 Å². The minimum atomic E-state index is -2.70. The minimum Gasteiger partial charge on any atom is -0.508 e. The van der Waals surface area contributed by atoms with Crippen LogP contribution in [0.15, 0.2) is 66.2 Å². The zero-order valence-electron chi connectivity index (χ0n) is 23.8. The summed E-state index contributed by atoms with van der Waals surface area (Å²) >= 11 is 14.1. The maximum Gasteiger partial charge on any atom is 0.258 e. The van der Waals surface area contributed by atoms with Crippen LogP contribution < -0.4 is 4.90 Å². The van der Waals surface area contributed by atoms with Gasteiger partial charge in [0.25, 0.3) is 11.8 Å². The van der Waals surface area contributed by atoms with E-state index in [9.17, 15) is 37.5 Å². The Bertz CT molecular complexity index is 1930. The molecule has 3 aromatic rings. The number of benzene rings is 3. The van der Waals surface area contributed by atoms with Crippen LogP contribution in [-0.2, 0) is 25.7 Å². The molecule has 3 aromatic carbocycles. The lowest BCUT2D eigenvalue weighted by atomic mass is 9.56. The van der Waals surface area contributed by atoms with Gasteiger partial charge in [-0.2, -0.15) is 0 Å². The van der Waals surface area contributed by atoms with Crippen molar-refractivity contribution >= 4 is 52.5 Å². The van der Waals surface area contributed by atoms with Crippen molar-refractivity contribution in [2.75, 3.05) is 4.90 Å². The predicted octanol–water partition coefficient (Wildman–Crippen LogP) is 5.85. The summed E-state index contributed by atoms with van der Waals surface area (Å²) in [5, 5.41) is 11.0. The second-order valence-electron chi connectivity index (χ2n) is 12.0. The van der Waals surface area contributed by atoms with Gasteiger partial charge in [-0.15, -0.1) is 23.2 Å². The molecule has 6 atom stereocenters. The molecule has 242 valence electrons. The lowest BCUT2D eigenvalue weighted by Gasteiger charge is -2.50. The summed E-state index contributed by atoms with van der Waals surface area (Å²) in [6.45, 7) is -0.0482. The maximum atomic E-state index is 15.1. The summed E-state index contributed by atoms with van der Waals surface area (Å²) < 4.78 is 72.8. The number of carbonyl (C=O) groups is 4. The van der Waals surface area contributed by atoms with Gasteiger partial charge in [0.1, 0.15) is 11.4 Å². The number of anilines is 1. The van der Waals surface area contributed by atoms with E-state index in [1.807, 2.05) is 0 Å². The number of para-hydroxylation sites is 1. The molecule has 1 N–H and O–H groups in total. The van der Waals surface area contributed by atoms with Crippen molar-refractivity contribution in [1.82, 2.24) is 4.90 Å². The Kier molecular flexibility index (Phi) is 7.07. The lowest BCUT2D eigenvalue weighted by Crippen LogP contribution is -2.60. The number of halogens is 7. The van der Waals surface area contributed by atoms with Crippen molar-refractivity contribution in [2.45, 2.75) is 35.1 Å². The zero-order chi connectivity index (χ0) is 33.7. The number of phenolic OH excluding ortho intramolecular Hbond substituents is 1. The molecule has 0 spiro atoms. The van der Waals surface area contributed by atoms with Gasteiger partial charge >= 0.3 is 0 Å². The van der Waals surface area contributed by atoms with Gasteiger partial charge < -0.3 is 5.11 Å². The molecule has 3 fully saturated rings. The number of amides is 4. The topological polar surface area (TPSA) is 95.0 Å². The number of aromatic hydroxyl groups is 1. The number of hydrogen-bond acceptors (Lipinski definition) is 5. The standard InChI is InChI=1S/C33H21Cl2F5N2O5/c34-32-12-18-15(10-11-17-20(18)29(45)41(28(17)44)13-14-6-2-1-3-7-14)21(16-8-4-5-9-19(16)43)33(32,35)31(47)42(30(32)46)27-25(39)23(37)22(36)24(38)26(27)40/h1-10,17-18,20-21,43H,11-13H2/t17-,18+,20-,21+,32+,33-/m0/s1. The molecular formula is C33H21Cl2F5N2O5. The molecule has 7 nitrogen and oxygen atoms in total. The summed E-state index contributed by atoms with van der Waals surface area (Å²) in [7, 11) is 0. The third kappa shape index (κ3) is 4.03. The number of hydrogen-bond donors (Lipinski definition) is 1. The third-order valence-electron chi connectivity index (χ3n) is 9.74. The molecule has 14 heteroatoms. The quantitative estimate of drug-likeness (QED) is 0.0926. The molecule has 0 radical (unpaired) electrons. The molecule has 4 amide bonds. The fourth-order valence-corrected chi connectivity index (χ4v) is 8.56. The van der Waals surface area contributed by atoms with E-state index < -0.39 is 104 Å². The second-order valence-corrected chi connectivity index (χ2v) is 13.2. The van der Waals surface area contributed by atoms with Crippen molar-refractivity contribution in [1.29, 1.82) is 0 Å². The van der Waals surface area contributed by atoms with E-state index in [0.717, 1.165) is 4.90 Å². The van der Waals surface area contributed by atoms with E-state index in [-0.39, 0.29) is 29.0 Å². The molecule has 7 rings (SSSR count). The van der Waals surface area contributed by atoms with Crippen molar-refractivity contribution in [3.05, 3.63) is 106 Å². The number of rotatable bonds is 4. The maximum absolute atomic E-state index is 15.1. The van der Waals surface area contributed by atoms with Gasteiger partial charge in [-0.25, -0.2) is 26.9 Å². The molecule has 4 aliphatic rings. The number of likely N-dealkylation sites (tertiary alicyclic amines) is 1. The fourth-order valence-electron chi connectivity index (χ4n) is 7.63. The third-order valence-corrected chi connectivity index (χ3v) is 11.2. The number of nitrogens with zero attached hydrogens (tertiary/aromatic N) is 2. The molecule has 47 heavy (non-hydrogen) atoms. The SMILES string of the molecule is O=C1[C@H]2[C@H](CC=C3[C@H]2C[C@@]2(Cl)C(=O)N(c4c(F)c(F)c(F)c(F)c4F)C(=O)[C@@]2(Cl)[C@H]3c2ccccc2O)C(=O)N1Cc1ccccc1. The van der Waals surface area contributed by atoms with Crippen LogP contribution >= 0.6 is 23.2 Å². The first kappa shape index (κ1) is 31.3. The Morgan fingerprint density at radius 3 is 2.00 bits per heavy atom. The molecule has 0 bridgehead atoms. The predicted molar refractivity (Wildman–Crippen MR) is 157 cm³/mol. The van der Waals surface area contributed by atoms with Crippen LogP contribution in [0.25, 0.3) is 0 Å². The average Bonchev–Trinajstić information content (AvgIpc) is 3.38. The van der Waals surface area contributed by atoms with Crippen LogP contribution in [0.3, 0.4) is 0 Å². The first-order valence-corrected chi connectivity index (χ1v) is 15.2. The zero-order valence-corrected chi connectivity index (χ0v) is 25.3. The highest BCUT2D eigenvalue weighted by Gasteiger charge is 2.77. The Hall–Kier alpha value is -4.29. The van der Waals surface area contributed by atoms with Crippen LogP contribution in [0.5, 0.6) is 5.75 Å². The fraction of sp³-hybridized carbons (Fsp3) is 0.273. The normalized spacial score (nSPS) is 30.0. The smallest absolute Gasteiger partial charge is 0.258 e. The molecule has 2 aliphatic carbocycles. The molecule has 2 heterocycles. The van der Waals surface area contributed by atoms with Gasteiger partial charge in [0.05, 0.1) is 18.4 Å². The molecule has 2 saturated heterocycles. The lowest BCUT2D eigenvalue weighted by molar-refractivity contribution is -0.141. The molecule has 1 saturated carbocycles. The van der Waals surface area contributed by atoms with E-state index in [1.165, 1.54) is 24.3 Å². The number of fused-ring (bicyclic) bond motifs is 4. The van der Waals surface area contributed by atoms with Gasteiger partial charge in [0.2, 0.25) is 17.6 Å². The van der Waals surface area contributed by atoms with Gasteiger partial charge in [0, 0.05) is 11.5 Å². The van der Waals surface area contributed by atoms with Crippen molar-refractivity contribution in [3.63, 3.8) is 0 Å². The van der Waals surface area contributed by atoms with E-state index >= 15 is 8.78 Å². The Labute approximate surface area is 273 Å². The van der Waals surface area contributed by atoms with Gasteiger partial charge in [-0.3, -0.25) is 24.1 Å². The van der Waals surface area contributed by atoms with E-state index in [2.05, 4.69) is 0 Å². The first-order chi connectivity index (χ1) is 22.3. The Balaban J connectivity index is 1.40. The average molecular weight is 691 g/mol. The van der Waals surface area contributed by atoms with Crippen molar-refractivity contribution in [2.24, 2.45) is 17.8 Å². The van der Waals surface area contributed by atoms with Gasteiger partial charge in [0.15, 0.2) is 33.0 Å². The number of alkyl halides is 2. The summed E-state index contributed by atoms with van der Waals surface area (Å²) in [6.07, 6.45) is 0.950. The summed E-state index contributed by atoms with van der Waals surface area (Å²) in [5.41, 5.74) is -0.999. The Morgan fingerprint density at radius 2 is 1.36 bits per heavy atom. The largest absolute Gasteiger partial charge is 0.508 e. The summed E-state index contributed by atoms with van der Waals surface area (Å²) in [5.74, 6) is -21.6. The summed E-state index contributed by atoms with van der Waals surface area (Å²) in [4.78, 5) is 51.4. The second kappa shape index (κ2) is 10.6. The van der Waals surface area contributed by atoms with E-state index in [0.29, 0.717) is 5.56 Å². The molecule has 0 unspecified atom stereocenters. The Morgan fingerprint density at radius 1 is 0.766 bits per heavy atom. The van der Waals surface area contributed by atoms with E-state index in [1.54, 1.807) is 36.4 Å². The van der Waals surface area contributed by atoms with Crippen LogP contribution in [-0.4, -0.2) is 43.4 Å². The molecule has 0 aromatic heterocycles. The highest BCUT2D eigenvalue weighted by molar-refractivity contribution is 6.58. The number of allylic oxidation sites excluding steroid dienone is 2. The van der Waals surface area contributed by atoms with Crippen LogP contribution in [0.1, 0.15) is 29.9 Å². The van der Waals surface area contributed by atoms with Crippen LogP contribution in [0.2, 0.25) is 0 Å².